The van der Waals surface area contributed by atoms with Crippen LogP contribution in [0, 0.1) is 0 Å². The van der Waals surface area contributed by atoms with Gasteiger partial charge in [0, 0.05) is 20.7 Å². The smallest absolute Gasteiger partial charge is 0.0741 e. The van der Waals surface area contributed by atoms with Crippen LogP contribution in [0.15, 0.2) is 46.9 Å². The van der Waals surface area contributed by atoms with E-state index in [0.717, 1.165) is 15.6 Å². The largest absolute Gasteiger partial charge is 0.398 e. The summed E-state index contributed by atoms with van der Waals surface area (Å²) in [5.41, 5.74) is 8.57. The number of nitrogens with two attached hydrogens (primary N) is 1. The molecule has 0 spiro atoms. The maximum atomic E-state index is 5.92. The van der Waals surface area contributed by atoms with E-state index in [0.29, 0.717) is 23.9 Å². The predicted molar refractivity (Wildman–Crippen MR) is 78.5 cm³/mol. The predicted octanol–water partition coefficient (Wildman–Crippen LogP) is 4.40. The van der Waals surface area contributed by atoms with E-state index in [-0.39, 0.29) is 0 Å². The maximum Gasteiger partial charge on any atom is 0.0741 e. The first kappa shape index (κ1) is 13.4. The summed E-state index contributed by atoms with van der Waals surface area (Å²) in [4.78, 5) is 0. The van der Waals surface area contributed by atoms with Gasteiger partial charge in [-0.05, 0) is 29.8 Å². The van der Waals surface area contributed by atoms with Gasteiger partial charge in [-0.1, -0.05) is 45.7 Å². The lowest BCUT2D eigenvalue weighted by Gasteiger charge is -2.08. The van der Waals surface area contributed by atoms with Gasteiger partial charge in [0.1, 0.15) is 0 Å². The number of halogens is 2. The van der Waals surface area contributed by atoms with Crippen molar-refractivity contribution >= 4 is 33.2 Å². The van der Waals surface area contributed by atoms with Crippen molar-refractivity contribution in [2.45, 2.75) is 13.2 Å². The first-order valence-electron chi connectivity index (χ1n) is 5.52. The highest BCUT2D eigenvalue weighted by atomic mass is 79.9. The fourth-order valence-electron chi connectivity index (χ4n) is 1.59. The van der Waals surface area contributed by atoms with Gasteiger partial charge in [-0.3, -0.25) is 0 Å². The second-order valence-electron chi connectivity index (χ2n) is 3.93. The van der Waals surface area contributed by atoms with Crippen LogP contribution in [0.1, 0.15) is 11.1 Å². The number of anilines is 1. The van der Waals surface area contributed by atoms with Crippen LogP contribution < -0.4 is 5.73 Å². The molecule has 0 aliphatic heterocycles. The quantitative estimate of drug-likeness (QED) is 0.845. The summed E-state index contributed by atoms with van der Waals surface area (Å²) >= 11 is 9.40. The Kier molecular flexibility index (Phi) is 4.64. The zero-order chi connectivity index (χ0) is 13.0. The third-order valence-electron chi connectivity index (χ3n) is 2.58. The van der Waals surface area contributed by atoms with E-state index in [9.17, 15) is 0 Å². The van der Waals surface area contributed by atoms with Crippen molar-refractivity contribution in [3.05, 3.63) is 63.1 Å². The molecule has 0 amide bonds. The molecule has 0 aromatic heterocycles. The van der Waals surface area contributed by atoms with E-state index in [1.807, 2.05) is 30.3 Å². The highest BCUT2D eigenvalue weighted by molar-refractivity contribution is 9.10. The second-order valence-corrected chi connectivity index (χ2v) is 5.22. The Bertz CT molecular complexity index is 545. The van der Waals surface area contributed by atoms with E-state index in [4.69, 9.17) is 22.1 Å². The Morgan fingerprint density at radius 3 is 2.56 bits per heavy atom. The van der Waals surface area contributed by atoms with Crippen LogP contribution in [0.4, 0.5) is 5.69 Å². The molecule has 0 aliphatic rings. The molecule has 4 heteroatoms. The zero-order valence-corrected chi connectivity index (χ0v) is 12.0. The monoisotopic (exact) mass is 325 g/mol. The minimum absolute atomic E-state index is 0.452. The molecule has 0 radical (unpaired) electrons. The number of benzene rings is 2. The molecule has 0 aliphatic carbocycles. The van der Waals surface area contributed by atoms with Gasteiger partial charge >= 0.3 is 0 Å². The van der Waals surface area contributed by atoms with Gasteiger partial charge in [-0.25, -0.2) is 0 Å². The molecule has 2 nitrogen and oxygen atoms in total. The second kappa shape index (κ2) is 6.23. The van der Waals surface area contributed by atoms with Crippen LogP contribution in [0.3, 0.4) is 0 Å². The molecule has 94 valence electrons. The fraction of sp³-hybridized carbons (Fsp3) is 0.143. The zero-order valence-electron chi connectivity index (χ0n) is 9.70. The molecular formula is C14H13BrClNO. The van der Waals surface area contributed by atoms with Crippen molar-refractivity contribution in [1.29, 1.82) is 0 Å². The van der Waals surface area contributed by atoms with E-state index in [2.05, 4.69) is 15.9 Å². The standard InChI is InChI=1S/C14H13BrClNO/c15-13-4-2-1-3-10(13)8-18-9-11-7-12(16)5-6-14(11)17/h1-7H,8-9,17H2. The minimum atomic E-state index is 0.452. The van der Waals surface area contributed by atoms with Gasteiger partial charge in [-0.2, -0.15) is 0 Å². The van der Waals surface area contributed by atoms with Crippen molar-refractivity contribution in [1.82, 2.24) is 0 Å². The number of nitrogen functional groups attached to an aromatic ring is 1. The molecule has 2 rings (SSSR count). The molecule has 0 saturated carbocycles. The Labute approximate surface area is 120 Å². The molecule has 0 saturated heterocycles. The molecule has 0 bridgehead atoms. The number of ether oxygens (including phenoxy) is 1. The van der Waals surface area contributed by atoms with Crippen molar-refractivity contribution in [2.75, 3.05) is 5.73 Å². The molecule has 2 aromatic rings. The summed E-state index contributed by atoms with van der Waals surface area (Å²) in [6.45, 7) is 0.987. The summed E-state index contributed by atoms with van der Waals surface area (Å²) in [7, 11) is 0. The van der Waals surface area contributed by atoms with E-state index < -0.39 is 0 Å². The average Bonchev–Trinajstić information content (AvgIpc) is 2.36. The van der Waals surface area contributed by atoms with E-state index in [1.165, 1.54) is 0 Å². The molecule has 0 fully saturated rings. The van der Waals surface area contributed by atoms with Gasteiger partial charge in [0.2, 0.25) is 0 Å². The summed E-state index contributed by atoms with van der Waals surface area (Å²) in [6.07, 6.45) is 0. The van der Waals surface area contributed by atoms with Gasteiger partial charge < -0.3 is 10.5 Å². The van der Waals surface area contributed by atoms with Crippen LogP contribution in [-0.4, -0.2) is 0 Å². The maximum absolute atomic E-state index is 5.92. The van der Waals surface area contributed by atoms with Gasteiger partial charge in [0.25, 0.3) is 0 Å². The lowest BCUT2D eigenvalue weighted by Crippen LogP contribution is -1.99. The van der Waals surface area contributed by atoms with Crippen LogP contribution in [0.2, 0.25) is 5.02 Å². The number of rotatable bonds is 4. The normalized spacial score (nSPS) is 10.6. The summed E-state index contributed by atoms with van der Waals surface area (Å²) in [5, 5.41) is 0.670. The Hall–Kier alpha value is -1.03. The molecular weight excluding hydrogens is 314 g/mol. The SMILES string of the molecule is Nc1ccc(Cl)cc1COCc1ccccc1Br. The first-order valence-corrected chi connectivity index (χ1v) is 6.69. The highest BCUT2D eigenvalue weighted by Crippen LogP contribution is 2.21. The van der Waals surface area contributed by atoms with Crippen LogP contribution in [-0.2, 0) is 18.0 Å². The lowest BCUT2D eigenvalue weighted by molar-refractivity contribution is 0.107. The van der Waals surface area contributed by atoms with Crippen molar-refractivity contribution < 1.29 is 4.74 Å². The number of hydrogen-bond acceptors (Lipinski definition) is 2. The molecule has 0 heterocycles. The molecule has 2 aromatic carbocycles. The Morgan fingerprint density at radius 2 is 1.78 bits per heavy atom. The Balaban J connectivity index is 1.96. The summed E-state index contributed by atoms with van der Waals surface area (Å²) in [6, 6.07) is 13.4. The highest BCUT2D eigenvalue weighted by Gasteiger charge is 2.02. The number of hydrogen-bond donors (Lipinski definition) is 1. The van der Waals surface area contributed by atoms with E-state index >= 15 is 0 Å². The van der Waals surface area contributed by atoms with Crippen molar-refractivity contribution in [2.24, 2.45) is 0 Å². The lowest BCUT2D eigenvalue weighted by atomic mass is 10.2. The average molecular weight is 327 g/mol. The molecule has 0 unspecified atom stereocenters. The van der Waals surface area contributed by atoms with Gasteiger partial charge in [0.15, 0.2) is 0 Å². The van der Waals surface area contributed by atoms with Crippen LogP contribution >= 0.6 is 27.5 Å². The minimum Gasteiger partial charge on any atom is -0.398 e. The topological polar surface area (TPSA) is 35.2 Å². The van der Waals surface area contributed by atoms with Crippen molar-refractivity contribution in [3.8, 4) is 0 Å². The van der Waals surface area contributed by atoms with Gasteiger partial charge in [0.05, 0.1) is 13.2 Å². The summed E-state index contributed by atoms with van der Waals surface area (Å²) < 4.78 is 6.70. The first-order chi connectivity index (χ1) is 8.66. The van der Waals surface area contributed by atoms with Crippen molar-refractivity contribution in [3.63, 3.8) is 0 Å². The van der Waals surface area contributed by atoms with Crippen LogP contribution in [0.25, 0.3) is 0 Å². The van der Waals surface area contributed by atoms with Gasteiger partial charge in [-0.15, -0.1) is 0 Å². The molecule has 18 heavy (non-hydrogen) atoms. The van der Waals surface area contributed by atoms with E-state index in [1.54, 1.807) is 12.1 Å². The molecule has 2 N–H and O–H groups in total. The third-order valence-corrected chi connectivity index (χ3v) is 3.59. The Morgan fingerprint density at radius 1 is 1.06 bits per heavy atom. The third kappa shape index (κ3) is 3.48. The van der Waals surface area contributed by atoms with Crippen LogP contribution in [0.5, 0.6) is 0 Å². The summed E-state index contributed by atoms with van der Waals surface area (Å²) in [5.74, 6) is 0. The fourth-order valence-corrected chi connectivity index (χ4v) is 2.18. The molecule has 0 atom stereocenters.